The van der Waals surface area contributed by atoms with Crippen molar-refractivity contribution in [1.29, 1.82) is 0 Å². The van der Waals surface area contributed by atoms with Gasteiger partial charge in [0.25, 0.3) is 5.56 Å². The number of fused-ring (bicyclic) bond motifs is 3. The van der Waals surface area contributed by atoms with Gasteiger partial charge in [-0.3, -0.25) is 4.79 Å². The maximum absolute atomic E-state index is 13.3. The Morgan fingerprint density at radius 1 is 0.968 bits per heavy atom. The normalized spacial score (nSPS) is 13.7. The Balaban J connectivity index is 1.47. The van der Waals surface area contributed by atoms with Gasteiger partial charge in [-0.25, -0.2) is 4.98 Å². The molecule has 0 bridgehead atoms. The van der Waals surface area contributed by atoms with Crippen LogP contribution in [0.3, 0.4) is 0 Å². The number of ether oxygens (including phenoxy) is 1. The van der Waals surface area contributed by atoms with E-state index in [1.165, 1.54) is 4.68 Å². The SMILES string of the molecule is O=c1c2c3n(c(SCCOc4ccccc4)nc-2nn1-c1ccccc1)CCCCC3. The first kappa shape index (κ1) is 19.9. The molecule has 0 saturated carbocycles. The standard InChI is InChI=1S/C24H24N4O2S/c29-23-21-20-14-8-3-9-15-27(20)24(31-17-16-30-19-12-6-2-7-13-19)25-22(21)26-28(23)18-10-4-1-5-11-18/h1-2,4-7,10-13H,3,8-9,14-17H2. The first-order valence-electron chi connectivity index (χ1n) is 10.7. The number of aromatic nitrogens is 4. The molecule has 3 heterocycles. The summed E-state index contributed by atoms with van der Waals surface area (Å²) in [4.78, 5) is 18.1. The van der Waals surface area contributed by atoms with E-state index < -0.39 is 0 Å². The zero-order valence-electron chi connectivity index (χ0n) is 17.2. The van der Waals surface area contributed by atoms with Crippen LogP contribution in [-0.2, 0) is 13.0 Å². The topological polar surface area (TPSA) is 61.9 Å². The summed E-state index contributed by atoms with van der Waals surface area (Å²) in [6.45, 7) is 1.48. The number of para-hydroxylation sites is 2. The molecule has 0 spiro atoms. The number of thioether (sulfide) groups is 1. The van der Waals surface area contributed by atoms with Crippen molar-refractivity contribution in [3.63, 3.8) is 0 Å². The van der Waals surface area contributed by atoms with Crippen LogP contribution in [0.5, 0.6) is 5.75 Å². The van der Waals surface area contributed by atoms with Crippen LogP contribution in [0.4, 0.5) is 0 Å². The van der Waals surface area contributed by atoms with Crippen LogP contribution in [0, 0.1) is 0 Å². The van der Waals surface area contributed by atoms with E-state index in [9.17, 15) is 4.79 Å². The molecule has 0 unspecified atom stereocenters. The first-order chi connectivity index (χ1) is 15.3. The number of rotatable bonds is 6. The van der Waals surface area contributed by atoms with Crippen LogP contribution in [0.25, 0.3) is 17.1 Å². The zero-order chi connectivity index (χ0) is 21.0. The van der Waals surface area contributed by atoms with E-state index in [0.29, 0.717) is 18.0 Å². The lowest BCUT2D eigenvalue weighted by Gasteiger charge is -2.17. The van der Waals surface area contributed by atoms with Crippen molar-refractivity contribution in [2.45, 2.75) is 37.4 Å². The second-order valence-electron chi connectivity index (χ2n) is 7.56. The molecule has 0 amide bonds. The van der Waals surface area contributed by atoms with Crippen molar-refractivity contribution >= 4 is 11.8 Å². The van der Waals surface area contributed by atoms with Gasteiger partial charge in [0.2, 0.25) is 0 Å². The monoisotopic (exact) mass is 432 g/mol. The summed E-state index contributed by atoms with van der Waals surface area (Å²) in [7, 11) is 0. The number of hydrogen-bond acceptors (Lipinski definition) is 5. The highest BCUT2D eigenvalue weighted by molar-refractivity contribution is 7.99. The lowest BCUT2D eigenvalue weighted by molar-refractivity contribution is 0.343. The predicted molar refractivity (Wildman–Crippen MR) is 122 cm³/mol. The summed E-state index contributed by atoms with van der Waals surface area (Å²) < 4.78 is 9.56. The average Bonchev–Trinajstić information content (AvgIpc) is 2.98. The third-order valence-electron chi connectivity index (χ3n) is 5.49. The fourth-order valence-electron chi connectivity index (χ4n) is 4.02. The van der Waals surface area contributed by atoms with E-state index >= 15 is 0 Å². The van der Waals surface area contributed by atoms with Crippen molar-refractivity contribution in [3.05, 3.63) is 76.7 Å². The largest absolute Gasteiger partial charge is 0.493 e. The molecule has 6 nitrogen and oxygen atoms in total. The van der Waals surface area contributed by atoms with Crippen LogP contribution >= 0.6 is 11.8 Å². The first-order valence-corrected chi connectivity index (χ1v) is 11.7. The minimum Gasteiger partial charge on any atom is -0.493 e. The van der Waals surface area contributed by atoms with E-state index in [-0.39, 0.29) is 5.56 Å². The molecule has 0 saturated heterocycles. The zero-order valence-corrected chi connectivity index (χ0v) is 18.1. The Morgan fingerprint density at radius 3 is 2.55 bits per heavy atom. The van der Waals surface area contributed by atoms with Crippen LogP contribution in [0.2, 0.25) is 0 Å². The highest BCUT2D eigenvalue weighted by atomic mass is 32.2. The fraction of sp³-hybridized carbons (Fsp3) is 0.292. The summed E-state index contributed by atoms with van der Waals surface area (Å²) in [6.07, 6.45) is 4.21. The fourth-order valence-corrected chi connectivity index (χ4v) is 4.87. The number of nitrogens with zero attached hydrogens (tertiary/aromatic N) is 4. The lowest BCUT2D eigenvalue weighted by Crippen LogP contribution is -2.19. The Labute approximate surface area is 185 Å². The van der Waals surface area contributed by atoms with E-state index in [1.807, 2.05) is 60.7 Å². The maximum Gasteiger partial charge on any atom is 0.284 e. The molecule has 2 aromatic carbocycles. The van der Waals surface area contributed by atoms with E-state index in [4.69, 9.17) is 9.72 Å². The van der Waals surface area contributed by atoms with Crippen molar-refractivity contribution in [3.8, 4) is 22.8 Å². The summed E-state index contributed by atoms with van der Waals surface area (Å²) in [5.41, 5.74) is 2.42. The predicted octanol–water partition coefficient (Wildman–Crippen LogP) is 4.43. The van der Waals surface area contributed by atoms with Crippen LogP contribution in [0.1, 0.15) is 25.0 Å². The third kappa shape index (κ3) is 4.10. The molecule has 0 aliphatic carbocycles. The van der Waals surface area contributed by atoms with Crippen molar-refractivity contribution < 1.29 is 4.74 Å². The third-order valence-corrected chi connectivity index (χ3v) is 6.43. The van der Waals surface area contributed by atoms with Crippen molar-refractivity contribution in [1.82, 2.24) is 19.3 Å². The quantitative estimate of drug-likeness (QED) is 0.256. The molecule has 0 aromatic heterocycles. The summed E-state index contributed by atoms with van der Waals surface area (Å²) in [5, 5.41) is 5.51. The van der Waals surface area contributed by atoms with Crippen molar-refractivity contribution in [2.24, 2.45) is 0 Å². The van der Waals surface area contributed by atoms with Gasteiger partial charge in [-0.05, 0) is 43.5 Å². The van der Waals surface area contributed by atoms with Gasteiger partial charge in [0.1, 0.15) is 11.3 Å². The Bertz CT molecular complexity index is 1190. The molecule has 7 heteroatoms. The van der Waals surface area contributed by atoms with Gasteiger partial charge < -0.3 is 9.30 Å². The Morgan fingerprint density at radius 2 is 1.74 bits per heavy atom. The van der Waals surface area contributed by atoms with Gasteiger partial charge >= 0.3 is 0 Å². The highest BCUT2D eigenvalue weighted by Crippen LogP contribution is 2.30. The Kier molecular flexibility index (Phi) is 5.76. The van der Waals surface area contributed by atoms with Crippen LogP contribution < -0.4 is 10.3 Å². The van der Waals surface area contributed by atoms with Gasteiger partial charge in [-0.15, -0.1) is 5.10 Å². The molecule has 0 radical (unpaired) electrons. The molecule has 0 N–H and O–H groups in total. The van der Waals surface area contributed by atoms with Crippen LogP contribution in [0.15, 0.2) is 70.6 Å². The maximum atomic E-state index is 13.3. The van der Waals surface area contributed by atoms with Gasteiger partial charge in [0, 0.05) is 18.0 Å². The molecule has 3 aliphatic rings. The van der Waals surface area contributed by atoms with E-state index in [1.54, 1.807) is 11.8 Å². The summed E-state index contributed by atoms with van der Waals surface area (Å²) in [5.74, 6) is 2.18. The molecule has 0 fully saturated rings. The molecule has 31 heavy (non-hydrogen) atoms. The molecule has 2 aromatic rings. The number of benzene rings is 2. The van der Waals surface area contributed by atoms with E-state index in [0.717, 1.165) is 60.3 Å². The smallest absolute Gasteiger partial charge is 0.284 e. The van der Waals surface area contributed by atoms with Gasteiger partial charge in [-0.2, -0.15) is 4.68 Å². The van der Waals surface area contributed by atoms with Gasteiger partial charge in [-0.1, -0.05) is 54.6 Å². The van der Waals surface area contributed by atoms with Crippen LogP contribution in [-0.4, -0.2) is 31.7 Å². The Hall–Kier alpha value is -3.06. The average molecular weight is 433 g/mol. The number of hydrogen-bond donors (Lipinski definition) is 0. The van der Waals surface area contributed by atoms with Gasteiger partial charge in [0.15, 0.2) is 11.0 Å². The molecular weight excluding hydrogens is 408 g/mol. The molecule has 158 valence electrons. The van der Waals surface area contributed by atoms with Crippen molar-refractivity contribution in [2.75, 3.05) is 12.4 Å². The summed E-state index contributed by atoms with van der Waals surface area (Å²) in [6, 6.07) is 19.4. The van der Waals surface area contributed by atoms with Gasteiger partial charge in [0.05, 0.1) is 12.3 Å². The molecule has 3 aliphatic heterocycles. The second-order valence-corrected chi connectivity index (χ2v) is 8.63. The minimum absolute atomic E-state index is 0.0803. The minimum atomic E-state index is -0.0803. The molecular formula is C24H24N4O2S. The molecule has 5 rings (SSSR count). The highest BCUT2D eigenvalue weighted by Gasteiger charge is 2.26. The second kappa shape index (κ2) is 8.98. The lowest BCUT2D eigenvalue weighted by atomic mass is 10.1. The van der Waals surface area contributed by atoms with E-state index in [2.05, 4.69) is 9.67 Å². The summed E-state index contributed by atoms with van der Waals surface area (Å²) >= 11 is 1.66. The molecule has 0 atom stereocenters.